The number of aromatic nitrogens is 1. The van der Waals surface area contributed by atoms with E-state index < -0.39 is 32.9 Å². The van der Waals surface area contributed by atoms with Gasteiger partial charge in [-0.15, -0.1) is 0 Å². The molecule has 0 unspecified atom stereocenters. The van der Waals surface area contributed by atoms with Crippen LogP contribution in [0.4, 0.5) is 10.1 Å². The van der Waals surface area contributed by atoms with Gasteiger partial charge >= 0.3 is 0 Å². The number of anilines is 1. The van der Waals surface area contributed by atoms with E-state index in [1.807, 2.05) is 6.92 Å². The quantitative estimate of drug-likeness (QED) is 0.762. The molecule has 0 aliphatic rings. The van der Waals surface area contributed by atoms with Crippen molar-refractivity contribution < 1.29 is 22.7 Å². The van der Waals surface area contributed by atoms with Gasteiger partial charge in [0.05, 0.1) is 22.5 Å². The van der Waals surface area contributed by atoms with Gasteiger partial charge in [-0.25, -0.2) is 12.8 Å². The molecule has 0 spiro atoms. The Hall–Kier alpha value is -2.32. The molecule has 0 fully saturated rings. The van der Waals surface area contributed by atoms with Crippen LogP contribution in [0.1, 0.15) is 19.5 Å². The maximum atomic E-state index is 12.9. The van der Waals surface area contributed by atoms with E-state index in [0.717, 1.165) is 43.3 Å². The van der Waals surface area contributed by atoms with Crippen molar-refractivity contribution in [3.63, 3.8) is 0 Å². The second kappa shape index (κ2) is 7.28. The number of hydrogen-bond acceptors (Lipinski definition) is 5. The SMILES string of the molecule is CCc1ccc(NC(=O)[C@@](C)(O)CS(=O)(=O)c2ccc(F)cc2)cn1. The van der Waals surface area contributed by atoms with Crippen LogP contribution in [0.2, 0.25) is 0 Å². The second-order valence-corrected chi connectivity index (χ2v) is 7.82. The number of hydrogen-bond donors (Lipinski definition) is 2. The summed E-state index contributed by atoms with van der Waals surface area (Å²) in [6.07, 6.45) is 2.17. The topological polar surface area (TPSA) is 96.4 Å². The molecular formula is C17H19FN2O4S. The van der Waals surface area contributed by atoms with Gasteiger partial charge in [-0.1, -0.05) is 6.92 Å². The van der Waals surface area contributed by atoms with Gasteiger partial charge in [-0.3, -0.25) is 9.78 Å². The first kappa shape index (κ1) is 19.0. The number of halogens is 1. The fourth-order valence-electron chi connectivity index (χ4n) is 2.13. The fourth-order valence-corrected chi connectivity index (χ4v) is 3.72. The molecule has 0 saturated carbocycles. The molecule has 0 radical (unpaired) electrons. The molecule has 25 heavy (non-hydrogen) atoms. The highest BCUT2D eigenvalue weighted by molar-refractivity contribution is 7.91. The third-order valence-electron chi connectivity index (χ3n) is 3.58. The lowest BCUT2D eigenvalue weighted by molar-refractivity contribution is -0.130. The highest BCUT2D eigenvalue weighted by Gasteiger charge is 2.36. The standard InChI is InChI=1S/C17H19FN2O4S/c1-3-13-6-7-14(10-19-13)20-16(21)17(2,22)11-25(23,24)15-8-4-12(18)5-9-15/h4-10,22H,3,11H2,1-2H3,(H,20,21)/t17-/m0/s1. The van der Waals surface area contributed by atoms with Crippen LogP contribution in [0, 0.1) is 5.82 Å². The van der Waals surface area contributed by atoms with Crippen LogP contribution in [0.15, 0.2) is 47.5 Å². The van der Waals surface area contributed by atoms with Crippen molar-refractivity contribution >= 4 is 21.4 Å². The van der Waals surface area contributed by atoms with Crippen molar-refractivity contribution in [2.24, 2.45) is 0 Å². The molecule has 1 atom stereocenters. The summed E-state index contributed by atoms with van der Waals surface area (Å²) in [5, 5.41) is 12.8. The summed E-state index contributed by atoms with van der Waals surface area (Å²) in [4.78, 5) is 16.2. The van der Waals surface area contributed by atoms with E-state index in [4.69, 9.17) is 0 Å². The Kier molecular flexibility index (Phi) is 5.54. The van der Waals surface area contributed by atoms with Crippen LogP contribution in [-0.2, 0) is 21.1 Å². The van der Waals surface area contributed by atoms with Gasteiger partial charge in [0, 0.05) is 5.69 Å². The van der Waals surface area contributed by atoms with Gasteiger partial charge in [0.1, 0.15) is 5.82 Å². The summed E-state index contributed by atoms with van der Waals surface area (Å²) in [6, 6.07) is 7.53. The van der Waals surface area contributed by atoms with E-state index in [0.29, 0.717) is 5.69 Å². The molecule has 1 aromatic heterocycles. The highest BCUT2D eigenvalue weighted by atomic mass is 32.2. The molecule has 1 aromatic carbocycles. The molecule has 8 heteroatoms. The van der Waals surface area contributed by atoms with Crippen molar-refractivity contribution in [2.45, 2.75) is 30.8 Å². The molecule has 0 aliphatic heterocycles. The Morgan fingerprint density at radius 3 is 2.40 bits per heavy atom. The van der Waals surface area contributed by atoms with Gasteiger partial charge in [0.2, 0.25) is 0 Å². The summed E-state index contributed by atoms with van der Waals surface area (Å²) in [5.41, 5.74) is -0.985. The molecule has 2 N–H and O–H groups in total. The zero-order valence-electron chi connectivity index (χ0n) is 13.9. The Morgan fingerprint density at radius 1 is 1.24 bits per heavy atom. The maximum absolute atomic E-state index is 12.9. The second-order valence-electron chi connectivity index (χ2n) is 5.83. The predicted molar refractivity (Wildman–Crippen MR) is 91.3 cm³/mol. The monoisotopic (exact) mass is 366 g/mol. The van der Waals surface area contributed by atoms with Gasteiger partial charge in [-0.2, -0.15) is 0 Å². The van der Waals surface area contributed by atoms with E-state index in [2.05, 4.69) is 10.3 Å². The largest absolute Gasteiger partial charge is 0.379 e. The summed E-state index contributed by atoms with van der Waals surface area (Å²) in [7, 11) is -3.98. The molecule has 0 bridgehead atoms. The minimum Gasteiger partial charge on any atom is -0.379 e. The Labute approximate surface area is 145 Å². The summed E-state index contributed by atoms with van der Waals surface area (Å²) < 4.78 is 37.6. The normalized spacial score (nSPS) is 13.9. The summed E-state index contributed by atoms with van der Waals surface area (Å²) >= 11 is 0. The molecule has 2 aromatic rings. The number of nitrogens with one attached hydrogen (secondary N) is 1. The van der Waals surface area contributed by atoms with Crippen molar-refractivity contribution in [3.8, 4) is 0 Å². The number of amides is 1. The van der Waals surface area contributed by atoms with Gasteiger partial charge in [-0.05, 0) is 49.7 Å². The van der Waals surface area contributed by atoms with Crippen LogP contribution in [0.5, 0.6) is 0 Å². The molecule has 0 aliphatic carbocycles. The zero-order chi connectivity index (χ0) is 18.7. The van der Waals surface area contributed by atoms with Crippen molar-refractivity contribution in [1.29, 1.82) is 0 Å². The lowest BCUT2D eigenvalue weighted by Gasteiger charge is -2.22. The Balaban J connectivity index is 2.13. The molecule has 0 saturated heterocycles. The van der Waals surface area contributed by atoms with E-state index in [-0.39, 0.29) is 4.90 Å². The summed E-state index contributed by atoms with van der Waals surface area (Å²) in [6.45, 7) is 3.04. The third-order valence-corrected chi connectivity index (χ3v) is 5.51. The molecule has 2 rings (SSSR count). The van der Waals surface area contributed by atoms with Crippen LogP contribution < -0.4 is 5.32 Å². The average molecular weight is 366 g/mol. The van der Waals surface area contributed by atoms with Crippen LogP contribution >= 0.6 is 0 Å². The highest BCUT2D eigenvalue weighted by Crippen LogP contribution is 2.19. The van der Waals surface area contributed by atoms with Crippen LogP contribution in [0.3, 0.4) is 0 Å². The van der Waals surface area contributed by atoms with E-state index in [1.165, 1.54) is 6.20 Å². The molecular weight excluding hydrogens is 347 g/mol. The van der Waals surface area contributed by atoms with Crippen LogP contribution in [-0.4, -0.2) is 35.8 Å². The van der Waals surface area contributed by atoms with Crippen molar-refractivity contribution in [2.75, 3.05) is 11.1 Å². The molecule has 1 amide bonds. The zero-order valence-corrected chi connectivity index (χ0v) is 14.7. The van der Waals surface area contributed by atoms with Crippen molar-refractivity contribution in [1.82, 2.24) is 4.98 Å². The van der Waals surface area contributed by atoms with E-state index >= 15 is 0 Å². The summed E-state index contributed by atoms with van der Waals surface area (Å²) in [5.74, 6) is -2.28. The number of aliphatic hydroxyl groups is 1. The van der Waals surface area contributed by atoms with Gasteiger partial charge in [0.15, 0.2) is 15.4 Å². The van der Waals surface area contributed by atoms with Gasteiger partial charge in [0.25, 0.3) is 5.91 Å². The van der Waals surface area contributed by atoms with Gasteiger partial charge < -0.3 is 10.4 Å². The minimum absolute atomic E-state index is 0.170. The Morgan fingerprint density at radius 2 is 1.88 bits per heavy atom. The predicted octanol–water partition coefficient (Wildman–Crippen LogP) is 1.95. The number of pyridine rings is 1. The lowest BCUT2D eigenvalue weighted by Crippen LogP contribution is -2.45. The number of sulfone groups is 1. The average Bonchev–Trinajstić information content (AvgIpc) is 2.55. The number of rotatable bonds is 6. The smallest absolute Gasteiger partial charge is 0.257 e. The molecule has 1 heterocycles. The van der Waals surface area contributed by atoms with E-state index in [9.17, 15) is 22.7 Å². The van der Waals surface area contributed by atoms with Crippen molar-refractivity contribution in [3.05, 3.63) is 54.1 Å². The van der Waals surface area contributed by atoms with E-state index in [1.54, 1.807) is 12.1 Å². The number of benzene rings is 1. The number of carbonyl (C=O) groups is 1. The molecule has 6 nitrogen and oxygen atoms in total. The first-order chi connectivity index (χ1) is 11.6. The fraction of sp³-hybridized carbons (Fsp3) is 0.294. The van der Waals surface area contributed by atoms with Crippen LogP contribution in [0.25, 0.3) is 0 Å². The first-order valence-electron chi connectivity index (χ1n) is 7.61. The first-order valence-corrected chi connectivity index (χ1v) is 9.26. The minimum atomic E-state index is -3.98. The third kappa shape index (κ3) is 4.83. The maximum Gasteiger partial charge on any atom is 0.257 e. The number of carbonyl (C=O) groups excluding carboxylic acids is 1. The number of nitrogens with zero attached hydrogens (tertiary/aromatic N) is 1. The number of aryl methyl sites for hydroxylation is 1. The Bertz CT molecular complexity index is 847. The lowest BCUT2D eigenvalue weighted by atomic mass is 10.1. The molecule has 134 valence electrons.